The second kappa shape index (κ2) is 4.56. The number of anilines is 2. The zero-order valence-corrected chi connectivity index (χ0v) is 10.9. The maximum absolute atomic E-state index is 11.9. The first kappa shape index (κ1) is 12.2. The molecule has 0 bridgehead atoms. The number of hydrogen-bond donors (Lipinski definition) is 2. The van der Waals surface area contributed by atoms with E-state index in [0.29, 0.717) is 10.7 Å². The number of hydrogen-bond acceptors (Lipinski definition) is 4. The number of sulfonamides is 1. The Bertz CT molecular complexity index is 624. The van der Waals surface area contributed by atoms with Crippen LogP contribution in [0.25, 0.3) is 0 Å². The predicted molar refractivity (Wildman–Crippen MR) is 71.0 cm³/mol. The fraction of sp³-hybridized carbons (Fsp3) is 0. The lowest BCUT2D eigenvalue weighted by Gasteiger charge is -2.08. The summed E-state index contributed by atoms with van der Waals surface area (Å²) in [6.45, 7) is 0. The molecule has 1 heterocycles. The van der Waals surface area contributed by atoms with Gasteiger partial charge in [-0.3, -0.25) is 4.72 Å². The average Bonchev–Trinajstić information content (AvgIpc) is 2.77. The van der Waals surface area contributed by atoms with E-state index in [1.807, 2.05) is 0 Å². The summed E-state index contributed by atoms with van der Waals surface area (Å²) in [4.78, 5) is 0. The summed E-state index contributed by atoms with van der Waals surface area (Å²) in [7, 11) is -3.58. The van der Waals surface area contributed by atoms with Crippen LogP contribution in [0.5, 0.6) is 0 Å². The highest BCUT2D eigenvalue weighted by molar-refractivity contribution is 7.94. The molecule has 2 aromatic rings. The fourth-order valence-electron chi connectivity index (χ4n) is 1.23. The number of rotatable bonds is 3. The molecule has 3 N–H and O–H groups in total. The van der Waals surface area contributed by atoms with Gasteiger partial charge in [-0.2, -0.15) is 0 Å². The third-order valence-electron chi connectivity index (χ3n) is 1.99. The van der Waals surface area contributed by atoms with Crippen molar-refractivity contribution < 1.29 is 8.42 Å². The molecular formula is C10H9ClN2O2S2. The molecule has 0 radical (unpaired) electrons. The Morgan fingerprint density at radius 3 is 2.71 bits per heavy atom. The molecule has 0 aliphatic carbocycles. The number of thiophene rings is 1. The Labute approximate surface area is 108 Å². The van der Waals surface area contributed by atoms with Crippen LogP contribution in [0.1, 0.15) is 0 Å². The molecule has 0 spiro atoms. The molecule has 0 unspecified atom stereocenters. The summed E-state index contributed by atoms with van der Waals surface area (Å²) in [5.41, 5.74) is 6.29. The summed E-state index contributed by atoms with van der Waals surface area (Å²) in [6, 6.07) is 7.81. The topological polar surface area (TPSA) is 72.2 Å². The third-order valence-corrected chi connectivity index (χ3v) is 5.09. The van der Waals surface area contributed by atoms with E-state index in [9.17, 15) is 8.42 Å². The molecule has 0 amide bonds. The molecule has 0 aliphatic rings. The molecule has 1 aromatic carbocycles. The van der Waals surface area contributed by atoms with Crippen LogP contribution in [0.4, 0.5) is 11.4 Å². The van der Waals surface area contributed by atoms with Gasteiger partial charge in [0.05, 0.1) is 10.7 Å². The molecule has 7 heteroatoms. The number of benzene rings is 1. The van der Waals surface area contributed by atoms with Gasteiger partial charge in [-0.05, 0) is 29.6 Å². The highest BCUT2D eigenvalue weighted by atomic mass is 35.5. The molecule has 17 heavy (non-hydrogen) atoms. The van der Waals surface area contributed by atoms with Crippen molar-refractivity contribution in [2.24, 2.45) is 0 Å². The van der Waals surface area contributed by atoms with Crippen molar-refractivity contribution in [2.45, 2.75) is 4.21 Å². The predicted octanol–water partition coefficient (Wildman–Crippen LogP) is 2.78. The maximum atomic E-state index is 11.9. The van der Waals surface area contributed by atoms with E-state index in [-0.39, 0.29) is 9.90 Å². The van der Waals surface area contributed by atoms with Gasteiger partial charge in [0, 0.05) is 5.69 Å². The molecule has 90 valence electrons. The van der Waals surface area contributed by atoms with Gasteiger partial charge in [0.1, 0.15) is 4.21 Å². The lowest BCUT2D eigenvalue weighted by molar-refractivity contribution is 0.603. The summed E-state index contributed by atoms with van der Waals surface area (Å²) in [5.74, 6) is 0. The van der Waals surface area contributed by atoms with E-state index < -0.39 is 10.0 Å². The van der Waals surface area contributed by atoms with Crippen molar-refractivity contribution in [3.05, 3.63) is 40.7 Å². The molecule has 2 rings (SSSR count). The molecule has 0 fully saturated rings. The van der Waals surface area contributed by atoms with E-state index in [1.54, 1.807) is 23.6 Å². The van der Waals surface area contributed by atoms with E-state index in [2.05, 4.69) is 4.72 Å². The second-order valence-corrected chi connectivity index (χ2v) is 6.54. The lowest BCUT2D eigenvalue weighted by Crippen LogP contribution is -2.11. The van der Waals surface area contributed by atoms with Crippen LogP contribution in [-0.4, -0.2) is 8.42 Å². The minimum atomic E-state index is -3.58. The number of nitrogens with two attached hydrogens (primary N) is 1. The summed E-state index contributed by atoms with van der Waals surface area (Å²) >= 11 is 7.02. The van der Waals surface area contributed by atoms with E-state index in [1.165, 1.54) is 12.1 Å². The maximum Gasteiger partial charge on any atom is 0.271 e. The summed E-state index contributed by atoms with van der Waals surface area (Å²) in [6.07, 6.45) is 0. The van der Waals surface area contributed by atoms with Crippen LogP contribution in [0.15, 0.2) is 39.9 Å². The van der Waals surface area contributed by atoms with Gasteiger partial charge >= 0.3 is 0 Å². The minimum absolute atomic E-state index is 0.232. The largest absolute Gasteiger partial charge is 0.399 e. The first-order valence-corrected chi connectivity index (χ1v) is 7.34. The second-order valence-electron chi connectivity index (χ2n) is 3.28. The molecule has 1 aromatic heterocycles. The van der Waals surface area contributed by atoms with E-state index in [4.69, 9.17) is 17.3 Å². The van der Waals surface area contributed by atoms with Gasteiger partial charge in [0.15, 0.2) is 0 Å². The van der Waals surface area contributed by atoms with Crippen molar-refractivity contribution in [3.8, 4) is 0 Å². The van der Waals surface area contributed by atoms with Gasteiger partial charge in [0.25, 0.3) is 10.0 Å². The van der Waals surface area contributed by atoms with Crippen LogP contribution in [-0.2, 0) is 10.0 Å². The Balaban J connectivity index is 2.36. The SMILES string of the molecule is Nc1ccc(Cl)c(NS(=O)(=O)c2cccs2)c1. The van der Waals surface area contributed by atoms with Crippen LogP contribution in [0.2, 0.25) is 5.02 Å². The Kier molecular flexibility index (Phi) is 3.28. The molecular weight excluding hydrogens is 280 g/mol. The first-order valence-electron chi connectivity index (χ1n) is 4.60. The third kappa shape index (κ3) is 2.71. The highest BCUT2D eigenvalue weighted by Crippen LogP contribution is 2.27. The highest BCUT2D eigenvalue weighted by Gasteiger charge is 2.16. The minimum Gasteiger partial charge on any atom is -0.399 e. The monoisotopic (exact) mass is 288 g/mol. The van der Waals surface area contributed by atoms with Crippen LogP contribution in [0, 0.1) is 0 Å². The van der Waals surface area contributed by atoms with E-state index >= 15 is 0 Å². The van der Waals surface area contributed by atoms with Crippen molar-refractivity contribution in [2.75, 3.05) is 10.5 Å². The van der Waals surface area contributed by atoms with Crippen LogP contribution in [0.3, 0.4) is 0 Å². The van der Waals surface area contributed by atoms with Gasteiger partial charge in [-0.25, -0.2) is 8.42 Å². The molecule has 0 aliphatic heterocycles. The molecule has 0 saturated carbocycles. The van der Waals surface area contributed by atoms with Crippen molar-refractivity contribution in [1.82, 2.24) is 0 Å². The van der Waals surface area contributed by atoms with Crippen LogP contribution >= 0.6 is 22.9 Å². The molecule has 0 saturated heterocycles. The Morgan fingerprint density at radius 1 is 1.29 bits per heavy atom. The van der Waals surface area contributed by atoms with Crippen LogP contribution < -0.4 is 10.5 Å². The number of nitrogens with one attached hydrogen (secondary N) is 1. The standard InChI is InChI=1S/C10H9ClN2O2S2/c11-8-4-3-7(12)6-9(8)13-17(14,15)10-2-1-5-16-10/h1-6,13H,12H2. The summed E-state index contributed by atoms with van der Waals surface area (Å²) in [5, 5.41) is 1.99. The number of halogens is 1. The van der Waals surface area contributed by atoms with Gasteiger partial charge < -0.3 is 5.73 Å². The van der Waals surface area contributed by atoms with E-state index in [0.717, 1.165) is 11.3 Å². The Morgan fingerprint density at radius 2 is 2.06 bits per heavy atom. The van der Waals surface area contributed by atoms with Gasteiger partial charge in [0.2, 0.25) is 0 Å². The zero-order chi connectivity index (χ0) is 12.5. The summed E-state index contributed by atoms with van der Waals surface area (Å²) < 4.78 is 26.5. The number of nitrogen functional groups attached to an aromatic ring is 1. The Hall–Kier alpha value is -1.24. The lowest BCUT2D eigenvalue weighted by atomic mass is 10.3. The van der Waals surface area contributed by atoms with Gasteiger partial charge in [-0.1, -0.05) is 17.7 Å². The van der Waals surface area contributed by atoms with Gasteiger partial charge in [-0.15, -0.1) is 11.3 Å². The van der Waals surface area contributed by atoms with Crippen molar-refractivity contribution in [3.63, 3.8) is 0 Å². The normalized spacial score (nSPS) is 11.4. The molecule has 4 nitrogen and oxygen atoms in total. The smallest absolute Gasteiger partial charge is 0.271 e. The zero-order valence-electron chi connectivity index (χ0n) is 8.55. The fourth-order valence-corrected chi connectivity index (χ4v) is 3.52. The van der Waals surface area contributed by atoms with Crippen molar-refractivity contribution >= 4 is 44.3 Å². The molecule has 0 atom stereocenters. The van der Waals surface area contributed by atoms with Crippen molar-refractivity contribution in [1.29, 1.82) is 0 Å². The quantitative estimate of drug-likeness (QED) is 0.853. The first-order chi connectivity index (χ1) is 7.99. The average molecular weight is 289 g/mol.